The third kappa shape index (κ3) is 1.88. The van der Waals surface area contributed by atoms with Gasteiger partial charge in [0, 0.05) is 18.1 Å². The number of rotatable bonds is 3. The van der Waals surface area contributed by atoms with Gasteiger partial charge in [0.25, 0.3) is 5.69 Å². The molecule has 0 aliphatic rings. The number of tetrazole rings is 1. The first-order valence-corrected chi connectivity index (χ1v) is 4.66. The van der Waals surface area contributed by atoms with E-state index in [1.807, 2.05) is 6.92 Å². The highest BCUT2D eigenvalue weighted by atomic mass is 16.6. The number of H-pyrrole nitrogens is 1. The largest absolute Gasteiger partial charge is 0.269 e. The lowest BCUT2D eigenvalue weighted by Gasteiger charge is -2.05. The van der Waals surface area contributed by atoms with Crippen LogP contribution in [0, 0.1) is 10.1 Å². The molecular formula is C9H9N5O2. The van der Waals surface area contributed by atoms with Crippen molar-refractivity contribution in [2.75, 3.05) is 0 Å². The fraction of sp³-hybridized carbons (Fsp3) is 0.222. The second-order valence-corrected chi connectivity index (χ2v) is 3.34. The van der Waals surface area contributed by atoms with Gasteiger partial charge in [0.15, 0.2) is 5.82 Å². The van der Waals surface area contributed by atoms with E-state index in [9.17, 15) is 10.1 Å². The Morgan fingerprint density at radius 3 is 2.56 bits per heavy atom. The lowest BCUT2D eigenvalue weighted by molar-refractivity contribution is -0.384. The molecule has 0 aliphatic heterocycles. The maximum atomic E-state index is 10.5. The lowest BCUT2D eigenvalue weighted by atomic mass is 10.0. The van der Waals surface area contributed by atoms with Gasteiger partial charge < -0.3 is 0 Å². The second kappa shape index (κ2) is 4.05. The van der Waals surface area contributed by atoms with Gasteiger partial charge in [-0.2, -0.15) is 5.21 Å². The third-order valence-electron chi connectivity index (χ3n) is 2.35. The maximum absolute atomic E-state index is 10.5. The lowest BCUT2D eigenvalue weighted by Crippen LogP contribution is -1.99. The molecule has 7 heteroatoms. The zero-order chi connectivity index (χ0) is 11.5. The fourth-order valence-electron chi connectivity index (χ4n) is 1.39. The van der Waals surface area contributed by atoms with Gasteiger partial charge >= 0.3 is 0 Å². The number of benzene rings is 1. The van der Waals surface area contributed by atoms with Crippen molar-refractivity contribution in [1.82, 2.24) is 20.6 Å². The molecule has 0 bridgehead atoms. The number of nitro benzene ring substituents is 1. The van der Waals surface area contributed by atoms with E-state index in [2.05, 4.69) is 20.6 Å². The number of nitro groups is 1. The minimum absolute atomic E-state index is 0.0421. The van der Waals surface area contributed by atoms with Crippen LogP contribution in [0.25, 0.3) is 0 Å². The molecule has 0 fully saturated rings. The summed E-state index contributed by atoms with van der Waals surface area (Å²) in [4.78, 5) is 10.0. The molecule has 16 heavy (non-hydrogen) atoms. The molecule has 1 heterocycles. The van der Waals surface area contributed by atoms with Crippen LogP contribution in [-0.2, 0) is 0 Å². The zero-order valence-corrected chi connectivity index (χ0v) is 8.49. The Hall–Kier alpha value is -2.31. The highest BCUT2D eigenvalue weighted by molar-refractivity contribution is 5.35. The standard InChI is InChI=1S/C9H9N5O2/c1-6(9-10-12-13-11-9)7-2-4-8(5-3-7)14(15)16/h2-6H,1H3,(H,10,11,12,13)/t6-/m1/s1. The Morgan fingerprint density at radius 2 is 2.06 bits per heavy atom. The summed E-state index contributed by atoms with van der Waals surface area (Å²) < 4.78 is 0. The van der Waals surface area contributed by atoms with Crippen molar-refractivity contribution in [2.45, 2.75) is 12.8 Å². The minimum Gasteiger partial charge on any atom is -0.258 e. The topological polar surface area (TPSA) is 97.6 Å². The molecule has 2 rings (SSSR count). The SMILES string of the molecule is C[C@H](c1ccc([N+](=O)[O-])cc1)c1nn[nH]n1. The van der Waals surface area contributed by atoms with Crippen LogP contribution in [0.4, 0.5) is 5.69 Å². The Bertz CT molecular complexity index is 479. The molecule has 0 radical (unpaired) electrons. The summed E-state index contributed by atoms with van der Waals surface area (Å²) in [5.41, 5.74) is 0.982. The normalized spacial score (nSPS) is 12.3. The van der Waals surface area contributed by atoms with Crippen LogP contribution in [0.2, 0.25) is 0 Å². The van der Waals surface area contributed by atoms with E-state index in [1.165, 1.54) is 12.1 Å². The summed E-state index contributed by atoms with van der Waals surface area (Å²) in [7, 11) is 0. The molecule has 0 saturated heterocycles. The van der Waals surface area contributed by atoms with Crippen LogP contribution < -0.4 is 0 Å². The summed E-state index contributed by atoms with van der Waals surface area (Å²) in [5.74, 6) is 0.522. The smallest absolute Gasteiger partial charge is 0.258 e. The van der Waals surface area contributed by atoms with Crippen LogP contribution in [0.15, 0.2) is 24.3 Å². The number of hydrogen-bond donors (Lipinski definition) is 1. The maximum Gasteiger partial charge on any atom is 0.269 e. The van der Waals surface area contributed by atoms with Crippen molar-refractivity contribution in [1.29, 1.82) is 0 Å². The average Bonchev–Trinajstić information content (AvgIpc) is 2.81. The minimum atomic E-state index is -0.428. The van der Waals surface area contributed by atoms with Gasteiger partial charge in [0.2, 0.25) is 0 Å². The molecule has 2 aromatic rings. The molecule has 0 amide bonds. The van der Waals surface area contributed by atoms with Crippen LogP contribution in [0.5, 0.6) is 0 Å². The number of aromatic nitrogens is 4. The predicted octanol–water partition coefficient (Wildman–Crippen LogP) is 1.26. The van der Waals surface area contributed by atoms with Crippen molar-refractivity contribution in [3.05, 3.63) is 45.8 Å². The van der Waals surface area contributed by atoms with E-state index in [4.69, 9.17) is 0 Å². The van der Waals surface area contributed by atoms with Gasteiger partial charge in [0.05, 0.1) is 4.92 Å². The first-order valence-electron chi connectivity index (χ1n) is 4.66. The Kier molecular flexibility index (Phi) is 2.59. The second-order valence-electron chi connectivity index (χ2n) is 3.34. The van der Waals surface area contributed by atoms with Crippen LogP contribution in [0.1, 0.15) is 24.2 Å². The number of non-ortho nitro benzene ring substituents is 1. The van der Waals surface area contributed by atoms with Crippen molar-refractivity contribution >= 4 is 5.69 Å². The van der Waals surface area contributed by atoms with E-state index in [-0.39, 0.29) is 11.6 Å². The summed E-state index contributed by atoms with van der Waals surface area (Å²) in [5, 5.41) is 24.1. The first kappa shape index (κ1) is 10.2. The number of nitrogens with zero attached hydrogens (tertiary/aromatic N) is 4. The van der Waals surface area contributed by atoms with Crippen molar-refractivity contribution in [3.8, 4) is 0 Å². The van der Waals surface area contributed by atoms with Crippen LogP contribution in [-0.4, -0.2) is 25.5 Å². The van der Waals surface area contributed by atoms with Gasteiger partial charge in [-0.15, -0.1) is 10.2 Å². The fourth-order valence-corrected chi connectivity index (χ4v) is 1.39. The first-order chi connectivity index (χ1) is 7.68. The van der Waals surface area contributed by atoms with E-state index in [0.717, 1.165) is 5.56 Å². The molecule has 0 unspecified atom stereocenters. The van der Waals surface area contributed by atoms with E-state index < -0.39 is 4.92 Å². The zero-order valence-electron chi connectivity index (χ0n) is 8.49. The predicted molar refractivity (Wildman–Crippen MR) is 54.8 cm³/mol. The van der Waals surface area contributed by atoms with Gasteiger partial charge in [-0.3, -0.25) is 10.1 Å². The van der Waals surface area contributed by atoms with E-state index >= 15 is 0 Å². The molecular weight excluding hydrogens is 210 g/mol. The molecule has 0 saturated carbocycles. The Labute approximate surface area is 90.6 Å². The molecule has 1 atom stereocenters. The average molecular weight is 219 g/mol. The Balaban J connectivity index is 2.25. The number of aromatic amines is 1. The summed E-state index contributed by atoms with van der Waals surface area (Å²) in [6.07, 6.45) is 0. The highest BCUT2D eigenvalue weighted by Crippen LogP contribution is 2.22. The molecule has 1 N–H and O–H groups in total. The molecule has 0 spiro atoms. The molecule has 1 aromatic heterocycles. The van der Waals surface area contributed by atoms with Gasteiger partial charge in [0.1, 0.15) is 0 Å². The van der Waals surface area contributed by atoms with Crippen LogP contribution in [0.3, 0.4) is 0 Å². The number of nitrogens with one attached hydrogen (secondary N) is 1. The van der Waals surface area contributed by atoms with Crippen molar-refractivity contribution in [2.24, 2.45) is 0 Å². The molecule has 1 aromatic carbocycles. The summed E-state index contributed by atoms with van der Waals surface area (Å²) in [6, 6.07) is 6.32. The third-order valence-corrected chi connectivity index (χ3v) is 2.35. The van der Waals surface area contributed by atoms with Gasteiger partial charge in [-0.25, -0.2) is 0 Å². The monoisotopic (exact) mass is 219 g/mol. The Morgan fingerprint density at radius 1 is 1.38 bits per heavy atom. The van der Waals surface area contributed by atoms with Crippen molar-refractivity contribution in [3.63, 3.8) is 0 Å². The quantitative estimate of drug-likeness (QED) is 0.619. The van der Waals surface area contributed by atoms with Gasteiger partial charge in [-0.1, -0.05) is 24.3 Å². The van der Waals surface area contributed by atoms with E-state index in [0.29, 0.717) is 5.82 Å². The molecule has 0 aliphatic carbocycles. The van der Waals surface area contributed by atoms with Crippen LogP contribution >= 0.6 is 0 Å². The summed E-state index contributed by atoms with van der Waals surface area (Å²) in [6.45, 7) is 1.91. The van der Waals surface area contributed by atoms with E-state index in [1.54, 1.807) is 12.1 Å². The number of hydrogen-bond acceptors (Lipinski definition) is 5. The summed E-state index contributed by atoms with van der Waals surface area (Å²) >= 11 is 0. The highest BCUT2D eigenvalue weighted by Gasteiger charge is 2.14. The molecule has 7 nitrogen and oxygen atoms in total. The van der Waals surface area contributed by atoms with Crippen molar-refractivity contribution < 1.29 is 4.92 Å². The molecule has 82 valence electrons. The van der Waals surface area contributed by atoms with Gasteiger partial charge in [-0.05, 0) is 5.56 Å².